The maximum Gasteiger partial charge on any atom is 0.236 e. The maximum atomic E-state index is 13.8. The fourth-order valence-corrected chi connectivity index (χ4v) is 8.84. The fraction of sp³-hybridized carbons (Fsp3) is 0.980. The van der Waals surface area contributed by atoms with Gasteiger partial charge in [0.2, 0.25) is 5.91 Å². The molecule has 0 aromatic heterocycles. The van der Waals surface area contributed by atoms with E-state index in [1.165, 1.54) is 238 Å². The summed E-state index contributed by atoms with van der Waals surface area (Å²) in [5.74, 6) is 1.19. The van der Waals surface area contributed by atoms with Crippen LogP contribution < -0.4 is 0 Å². The summed E-state index contributed by atoms with van der Waals surface area (Å²) in [5, 5.41) is 0. The molecule has 55 heavy (non-hydrogen) atoms. The first-order valence-electron chi connectivity index (χ1n) is 25.5. The van der Waals surface area contributed by atoms with Crippen LogP contribution in [-0.4, -0.2) is 97.5 Å². The van der Waals surface area contributed by atoms with Crippen LogP contribution in [0.5, 0.6) is 0 Å². The number of amides is 1. The van der Waals surface area contributed by atoms with Gasteiger partial charge >= 0.3 is 0 Å². The molecule has 1 amide bonds. The molecule has 0 N–H and O–H groups in total. The molecule has 0 aliphatic carbocycles. The molecule has 1 aliphatic heterocycles. The van der Waals surface area contributed by atoms with Crippen LogP contribution >= 0.6 is 0 Å². The Balaban J connectivity index is 2.64. The number of unbranched alkanes of at least 4 members (excludes halogenated alkanes) is 24. The minimum absolute atomic E-state index is 0.402. The SMILES string of the molecule is CCCCCCCCCN(CCC)CCC1CCN(C(=O)CN(CCCCCCCCC)CCN(CCCCCCCCC)CCCCCCCCC)CC1. The number of hydrogen-bond acceptors (Lipinski definition) is 4. The van der Waals surface area contributed by atoms with Crippen LogP contribution in [0.15, 0.2) is 0 Å². The van der Waals surface area contributed by atoms with Gasteiger partial charge in [-0.1, -0.05) is 189 Å². The Labute approximate surface area is 347 Å². The molecule has 0 aromatic rings. The van der Waals surface area contributed by atoms with E-state index in [1.54, 1.807) is 0 Å². The van der Waals surface area contributed by atoms with Crippen molar-refractivity contribution in [2.24, 2.45) is 5.92 Å². The molecular formula is C50H102N4O. The van der Waals surface area contributed by atoms with Gasteiger partial charge in [-0.25, -0.2) is 0 Å². The van der Waals surface area contributed by atoms with E-state index in [4.69, 9.17) is 0 Å². The summed E-state index contributed by atoms with van der Waals surface area (Å²) in [6.45, 7) is 23.7. The van der Waals surface area contributed by atoms with Crippen LogP contribution in [0.1, 0.15) is 240 Å². The van der Waals surface area contributed by atoms with Gasteiger partial charge in [-0.2, -0.15) is 0 Å². The Morgan fingerprint density at radius 3 is 1.09 bits per heavy atom. The molecule has 0 atom stereocenters. The van der Waals surface area contributed by atoms with Crippen molar-refractivity contribution in [1.29, 1.82) is 0 Å². The summed E-state index contributed by atoms with van der Waals surface area (Å²) in [5.41, 5.74) is 0. The van der Waals surface area contributed by atoms with Crippen LogP contribution in [0.3, 0.4) is 0 Å². The lowest BCUT2D eigenvalue weighted by molar-refractivity contribution is -0.134. The zero-order chi connectivity index (χ0) is 39.9. The van der Waals surface area contributed by atoms with E-state index in [0.29, 0.717) is 12.5 Å². The van der Waals surface area contributed by atoms with E-state index < -0.39 is 0 Å². The number of carbonyl (C=O) groups excluding carboxylic acids is 1. The van der Waals surface area contributed by atoms with E-state index in [9.17, 15) is 4.79 Å². The number of rotatable bonds is 42. The van der Waals surface area contributed by atoms with Gasteiger partial charge in [-0.05, 0) is 96.6 Å². The number of likely N-dealkylation sites (tertiary alicyclic amines) is 1. The summed E-state index contributed by atoms with van der Waals surface area (Å²) in [7, 11) is 0. The molecule has 328 valence electrons. The second-order valence-electron chi connectivity index (χ2n) is 18.1. The van der Waals surface area contributed by atoms with Crippen molar-refractivity contribution >= 4 is 5.91 Å². The van der Waals surface area contributed by atoms with Gasteiger partial charge in [-0.3, -0.25) is 9.69 Å². The third kappa shape index (κ3) is 32.0. The molecule has 0 unspecified atom stereocenters. The van der Waals surface area contributed by atoms with Gasteiger partial charge in [0.25, 0.3) is 0 Å². The van der Waals surface area contributed by atoms with Gasteiger partial charge in [0.1, 0.15) is 0 Å². The maximum absolute atomic E-state index is 13.8. The van der Waals surface area contributed by atoms with Crippen LogP contribution in [0.2, 0.25) is 0 Å². The number of carbonyl (C=O) groups is 1. The monoisotopic (exact) mass is 775 g/mol. The van der Waals surface area contributed by atoms with Gasteiger partial charge in [0.05, 0.1) is 6.54 Å². The molecule has 5 heteroatoms. The molecule has 1 aliphatic rings. The lowest BCUT2D eigenvalue weighted by atomic mass is 9.93. The molecule has 0 bridgehead atoms. The van der Waals surface area contributed by atoms with Gasteiger partial charge in [0.15, 0.2) is 0 Å². The Morgan fingerprint density at radius 1 is 0.382 bits per heavy atom. The van der Waals surface area contributed by atoms with Crippen LogP contribution in [0, 0.1) is 5.92 Å². The zero-order valence-electron chi connectivity index (χ0n) is 38.7. The highest BCUT2D eigenvalue weighted by atomic mass is 16.2. The molecule has 1 rings (SSSR count). The Kier molecular flexibility index (Phi) is 38.2. The van der Waals surface area contributed by atoms with E-state index in [-0.39, 0.29) is 0 Å². The van der Waals surface area contributed by atoms with Crippen molar-refractivity contribution < 1.29 is 4.79 Å². The number of hydrogen-bond donors (Lipinski definition) is 0. The Morgan fingerprint density at radius 2 is 0.709 bits per heavy atom. The molecule has 0 radical (unpaired) electrons. The average Bonchev–Trinajstić information content (AvgIpc) is 3.20. The predicted octanol–water partition coefficient (Wildman–Crippen LogP) is 13.9. The second kappa shape index (κ2) is 40.1. The average molecular weight is 775 g/mol. The Hall–Kier alpha value is -0.650. The Bertz CT molecular complexity index is 766. The zero-order valence-corrected chi connectivity index (χ0v) is 38.7. The van der Waals surface area contributed by atoms with Crippen LogP contribution in [0.4, 0.5) is 0 Å². The van der Waals surface area contributed by atoms with Crippen molar-refractivity contribution in [3.05, 3.63) is 0 Å². The molecule has 1 heterocycles. The van der Waals surface area contributed by atoms with Crippen molar-refractivity contribution in [3.8, 4) is 0 Å². The summed E-state index contributed by atoms with van der Waals surface area (Å²) in [4.78, 5) is 24.2. The fourth-order valence-electron chi connectivity index (χ4n) is 8.84. The van der Waals surface area contributed by atoms with Gasteiger partial charge in [0, 0.05) is 26.2 Å². The normalized spacial score (nSPS) is 14.0. The second-order valence-corrected chi connectivity index (χ2v) is 18.1. The van der Waals surface area contributed by atoms with E-state index in [2.05, 4.69) is 54.2 Å². The van der Waals surface area contributed by atoms with E-state index >= 15 is 0 Å². The van der Waals surface area contributed by atoms with Crippen LogP contribution in [0.25, 0.3) is 0 Å². The molecule has 1 fully saturated rings. The topological polar surface area (TPSA) is 30.0 Å². The van der Waals surface area contributed by atoms with E-state index in [1.807, 2.05) is 0 Å². The number of piperidine rings is 1. The summed E-state index contributed by atoms with van der Waals surface area (Å²) >= 11 is 0. The van der Waals surface area contributed by atoms with Crippen LogP contribution in [-0.2, 0) is 4.79 Å². The minimum Gasteiger partial charge on any atom is -0.342 e. The summed E-state index contributed by atoms with van der Waals surface area (Å²) in [6.07, 6.45) is 43.4. The first-order chi connectivity index (χ1) is 27.1. The van der Waals surface area contributed by atoms with E-state index in [0.717, 1.165) is 38.6 Å². The third-order valence-corrected chi connectivity index (χ3v) is 12.8. The lowest BCUT2D eigenvalue weighted by Crippen LogP contribution is -2.46. The number of nitrogens with zero attached hydrogens (tertiary/aromatic N) is 4. The molecular weight excluding hydrogens is 673 g/mol. The molecule has 0 saturated carbocycles. The third-order valence-electron chi connectivity index (χ3n) is 12.8. The highest BCUT2D eigenvalue weighted by Crippen LogP contribution is 2.22. The predicted molar refractivity (Wildman–Crippen MR) is 246 cm³/mol. The van der Waals surface area contributed by atoms with Gasteiger partial charge in [-0.15, -0.1) is 0 Å². The first kappa shape index (κ1) is 52.4. The smallest absolute Gasteiger partial charge is 0.236 e. The molecule has 0 spiro atoms. The summed E-state index contributed by atoms with van der Waals surface area (Å²) < 4.78 is 0. The molecule has 5 nitrogen and oxygen atoms in total. The van der Waals surface area contributed by atoms with Crippen molar-refractivity contribution in [2.75, 3.05) is 72.0 Å². The highest BCUT2D eigenvalue weighted by Gasteiger charge is 2.24. The quantitative estimate of drug-likeness (QED) is 0.0578. The molecule has 1 saturated heterocycles. The standard InChI is InChI=1S/C50H102N4O/c1-6-11-15-19-23-27-31-39-51(38-10-5)43-35-49-36-44-54(45-37-49)50(55)48-53(42-34-30-26-22-18-14-9-4)47-46-52(40-32-28-24-20-16-12-7-2)41-33-29-25-21-17-13-8-3/h49H,6-48H2,1-5H3. The molecule has 0 aromatic carbocycles. The minimum atomic E-state index is 0.402. The van der Waals surface area contributed by atoms with Crippen molar-refractivity contribution in [1.82, 2.24) is 19.6 Å². The van der Waals surface area contributed by atoms with Gasteiger partial charge < -0.3 is 14.7 Å². The lowest BCUT2D eigenvalue weighted by Gasteiger charge is -2.35. The largest absolute Gasteiger partial charge is 0.342 e. The van der Waals surface area contributed by atoms with Crippen molar-refractivity contribution in [2.45, 2.75) is 240 Å². The highest BCUT2D eigenvalue weighted by molar-refractivity contribution is 5.78. The first-order valence-corrected chi connectivity index (χ1v) is 25.5. The van der Waals surface area contributed by atoms with Crippen molar-refractivity contribution in [3.63, 3.8) is 0 Å². The summed E-state index contributed by atoms with van der Waals surface area (Å²) in [6, 6.07) is 0.